The van der Waals surface area contributed by atoms with Gasteiger partial charge in [0.1, 0.15) is 0 Å². The van der Waals surface area contributed by atoms with Gasteiger partial charge in [-0.05, 0) is 19.3 Å². The Morgan fingerprint density at radius 1 is 1.50 bits per heavy atom. The van der Waals surface area contributed by atoms with Crippen molar-refractivity contribution in [3.8, 4) is 0 Å². The van der Waals surface area contributed by atoms with Crippen molar-refractivity contribution in [1.29, 1.82) is 0 Å². The van der Waals surface area contributed by atoms with Gasteiger partial charge in [0.05, 0.1) is 11.7 Å². The fourth-order valence-electron chi connectivity index (χ4n) is 1.98. The van der Waals surface area contributed by atoms with E-state index in [-0.39, 0.29) is 11.9 Å². The summed E-state index contributed by atoms with van der Waals surface area (Å²) in [5.74, 6) is 0.528. The van der Waals surface area contributed by atoms with Crippen LogP contribution < -0.4 is 10.6 Å². The summed E-state index contributed by atoms with van der Waals surface area (Å²) >= 11 is 0. The smallest absolute Gasteiger partial charge is 0.236 e. The third kappa shape index (κ3) is 4.14. The Kier molecular flexibility index (Phi) is 5.34. The highest BCUT2D eigenvalue weighted by Crippen LogP contribution is 2.08. The molecule has 1 heterocycles. The van der Waals surface area contributed by atoms with E-state index in [4.69, 9.17) is 0 Å². The molecule has 0 aromatic carbocycles. The molecule has 1 atom stereocenters. The fourth-order valence-corrected chi connectivity index (χ4v) is 1.98. The van der Waals surface area contributed by atoms with Crippen LogP contribution in [0.1, 0.15) is 31.5 Å². The van der Waals surface area contributed by atoms with Crippen LogP contribution in [0.5, 0.6) is 0 Å². The number of likely N-dealkylation sites (N-methyl/N-ethyl adjacent to an activating group) is 1. The van der Waals surface area contributed by atoms with Gasteiger partial charge in [0.15, 0.2) is 0 Å². The average molecular weight is 252 g/mol. The van der Waals surface area contributed by atoms with E-state index in [1.807, 2.05) is 20.2 Å². The first-order valence-electron chi connectivity index (χ1n) is 6.38. The molecule has 102 valence electrons. The molecule has 0 fully saturated rings. The van der Waals surface area contributed by atoms with Crippen LogP contribution in [0.25, 0.3) is 0 Å². The summed E-state index contributed by atoms with van der Waals surface area (Å²) in [6, 6.07) is -0.144. The molecule has 0 saturated carbocycles. The molecule has 0 aliphatic rings. The molecule has 2 N–H and O–H groups in total. The molecule has 0 spiro atoms. The molecule has 1 amide bonds. The number of amides is 1. The molecular weight excluding hydrogens is 228 g/mol. The molecule has 0 bridgehead atoms. The predicted octanol–water partition coefficient (Wildman–Crippen LogP) is 0.979. The van der Waals surface area contributed by atoms with Gasteiger partial charge in [0.25, 0.3) is 0 Å². The van der Waals surface area contributed by atoms with Gasteiger partial charge in [0, 0.05) is 32.4 Å². The van der Waals surface area contributed by atoms with Gasteiger partial charge in [-0.15, -0.1) is 0 Å². The number of carbonyl (C=O) groups is 1. The average Bonchev–Trinajstić information content (AvgIpc) is 2.61. The van der Waals surface area contributed by atoms with Crippen molar-refractivity contribution < 1.29 is 4.79 Å². The predicted molar refractivity (Wildman–Crippen MR) is 72.1 cm³/mol. The number of rotatable bonds is 6. The summed E-state index contributed by atoms with van der Waals surface area (Å²) in [6.07, 6.45) is 2.82. The van der Waals surface area contributed by atoms with E-state index in [0.29, 0.717) is 12.5 Å². The minimum atomic E-state index is -0.144. The topological polar surface area (TPSA) is 59.0 Å². The van der Waals surface area contributed by atoms with Gasteiger partial charge in [-0.2, -0.15) is 5.10 Å². The van der Waals surface area contributed by atoms with Crippen molar-refractivity contribution in [2.45, 2.75) is 39.8 Å². The Morgan fingerprint density at radius 2 is 2.17 bits per heavy atom. The van der Waals surface area contributed by atoms with Crippen molar-refractivity contribution in [3.63, 3.8) is 0 Å². The van der Waals surface area contributed by atoms with Gasteiger partial charge < -0.3 is 10.6 Å². The Bertz CT molecular complexity index is 398. The molecule has 18 heavy (non-hydrogen) atoms. The molecule has 0 radical (unpaired) electrons. The van der Waals surface area contributed by atoms with Crippen LogP contribution in [-0.2, 0) is 18.4 Å². The molecule has 1 rings (SSSR count). The Hall–Kier alpha value is -1.36. The second kappa shape index (κ2) is 6.54. The first kappa shape index (κ1) is 14.7. The first-order chi connectivity index (χ1) is 8.43. The lowest BCUT2D eigenvalue weighted by atomic mass is 10.0. The highest BCUT2D eigenvalue weighted by Gasteiger charge is 2.18. The molecule has 0 saturated heterocycles. The fraction of sp³-hybridized carbons (Fsp3) is 0.692. The molecule has 0 aliphatic heterocycles. The van der Waals surface area contributed by atoms with E-state index in [0.717, 1.165) is 17.7 Å². The molecule has 0 aliphatic carbocycles. The highest BCUT2D eigenvalue weighted by molar-refractivity contribution is 5.81. The Morgan fingerprint density at radius 3 is 2.61 bits per heavy atom. The van der Waals surface area contributed by atoms with E-state index < -0.39 is 0 Å². The van der Waals surface area contributed by atoms with Gasteiger partial charge in [-0.25, -0.2) is 0 Å². The van der Waals surface area contributed by atoms with Crippen molar-refractivity contribution in [2.75, 3.05) is 7.05 Å². The van der Waals surface area contributed by atoms with E-state index in [9.17, 15) is 4.79 Å². The molecule has 1 aromatic heterocycles. The van der Waals surface area contributed by atoms with Crippen LogP contribution in [-0.4, -0.2) is 28.8 Å². The van der Waals surface area contributed by atoms with Crippen molar-refractivity contribution in [3.05, 3.63) is 17.5 Å². The second-order valence-electron chi connectivity index (χ2n) is 5.09. The number of hydrogen-bond acceptors (Lipinski definition) is 3. The number of aromatic nitrogens is 2. The van der Waals surface area contributed by atoms with Crippen LogP contribution in [0.2, 0.25) is 0 Å². The summed E-state index contributed by atoms with van der Waals surface area (Å²) in [5.41, 5.74) is 2.14. The van der Waals surface area contributed by atoms with Crippen molar-refractivity contribution >= 4 is 5.91 Å². The number of carbonyl (C=O) groups excluding carboxylic acids is 1. The maximum atomic E-state index is 11.8. The standard InChI is InChI=1S/C13H24N4O/c1-9(2)6-12(13(18)14-4)15-7-11-8-17(5)16-10(11)3/h8-9,12,15H,6-7H2,1-5H3,(H,14,18). The van der Waals surface area contributed by atoms with Crippen molar-refractivity contribution in [2.24, 2.45) is 13.0 Å². The maximum absolute atomic E-state index is 11.8. The summed E-state index contributed by atoms with van der Waals surface area (Å²) in [4.78, 5) is 11.8. The summed E-state index contributed by atoms with van der Waals surface area (Å²) in [5, 5.41) is 10.3. The summed E-state index contributed by atoms with van der Waals surface area (Å²) in [6.45, 7) is 6.89. The lowest BCUT2D eigenvalue weighted by Gasteiger charge is -2.18. The zero-order valence-electron chi connectivity index (χ0n) is 11.9. The number of nitrogens with one attached hydrogen (secondary N) is 2. The summed E-state index contributed by atoms with van der Waals surface area (Å²) in [7, 11) is 3.58. The van der Waals surface area contributed by atoms with Gasteiger partial charge in [0.2, 0.25) is 5.91 Å². The van der Waals surface area contributed by atoms with Crippen LogP contribution in [0.15, 0.2) is 6.20 Å². The van der Waals surface area contributed by atoms with Crippen LogP contribution in [0.4, 0.5) is 0 Å². The van der Waals surface area contributed by atoms with E-state index in [2.05, 4.69) is 29.6 Å². The first-order valence-corrected chi connectivity index (χ1v) is 6.38. The lowest BCUT2D eigenvalue weighted by molar-refractivity contribution is -0.123. The minimum Gasteiger partial charge on any atom is -0.358 e. The normalized spacial score (nSPS) is 12.8. The lowest BCUT2D eigenvalue weighted by Crippen LogP contribution is -2.43. The van der Waals surface area contributed by atoms with Crippen LogP contribution in [0.3, 0.4) is 0 Å². The van der Waals surface area contributed by atoms with Crippen molar-refractivity contribution in [1.82, 2.24) is 20.4 Å². The monoisotopic (exact) mass is 252 g/mol. The minimum absolute atomic E-state index is 0.0465. The van der Waals surface area contributed by atoms with E-state index in [1.165, 1.54) is 0 Å². The third-order valence-electron chi connectivity index (χ3n) is 2.92. The molecule has 1 aromatic rings. The molecule has 5 heteroatoms. The Labute approximate surface area is 109 Å². The number of nitrogens with zero attached hydrogens (tertiary/aromatic N) is 2. The second-order valence-corrected chi connectivity index (χ2v) is 5.09. The van der Waals surface area contributed by atoms with Crippen LogP contribution in [0, 0.1) is 12.8 Å². The largest absolute Gasteiger partial charge is 0.358 e. The van der Waals surface area contributed by atoms with Crippen LogP contribution >= 0.6 is 0 Å². The SMILES string of the molecule is CNC(=O)C(CC(C)C)NCc1cn(C)nc1C. The van der Waals surface area contributed by atoms with Gasteiger partial charge >= 0.3 is 0 Å². The Balaban J connectivity index is 2.61. The van der Waals surface area contributed by atoms with E-state index >= 15 is 0 Å². The quantitative estimate of drug-likeness (QED) is 0.793. The van der Waals surface area contributed by atoms with Gasteiger partial charge in [-0.3, -0.25) is 9.48 Å². The third-order valence-corrected chi connectivity index (χ3v) is 2.92. The maximum Gasteiger partial charge on any atom is 0.236 e. The van der Waals surface area contributed by atoms with Gasteiger partial charge in [-0.1, -0.05) is 13.8 Å². The number of hydrogen-bond donors (Lipinski definition) is 2. The zero-order chi connectivity index (χ0) is 13.7. The molecular formula is C13H24N4O. The van der Waals surface area contributed by atoms with E-state index in [1.54, 1.807) is 11.7 Å². The summed E-state index contributed by atoms with van der Waals surface area (Å²) < 4.78 is 1.80. The molecule has 1 unspecified atom stereocenters. The zero-order valence-corrected chi connectivity index (χ0v) is 11.9. The number of aryl methyl sites for hydroxylation is 2. The highest BCUT2D eigenvalue weighted by atomic mass is 16.2. The molecule has 5 nitrogen and oxygen atoms in total.